The van der Waals surface area contributed by atoms with Crippen LogP contribution in [-0.2, 0) is 0 Å². The maximum absolute atomic E-state index is 10.7. The van der Waals surface area contributed by atoms with Crippen molar-refractivity contribution in [2.45, 2.75) is 6.92 Å². The standard InChI is InChI=1S/C7H8N2O.C5H5N/c1-5(10)7-3-2-6(8)4-9-7;1-2-4-6-5-3-1/h2-4H,8H2,1H3;1-5H. The van der Waals surface area contributed by atoms with E-state index in [1.165, 1.54) is 13.1 Å². The van der Waals surface area contributed by atoms with Gasteiger partial charge in [0.05, 0.1) is 11.9 Å². The van der Waals surface area contributed by atoms with E-state index in [2.05, 4.69) is 9.97 Å². The number of aromatic nitrogens is 2. The van der Waals surface area contributed by atoms with Gasteiger partial charge in [-0.2, -0.15) is 0 Å². The zero-order valence-electron chi connectivity index (χ0n) is 9.00. The summed E-state index contributed by atoms with van der Waals surface area (Å²) in [6, 6.07) is 8.98. The number of Topliss-reactive ketones (excluding diaryl/α,β-unsaturated/α-hetero) is 1. The van der Waals surface area contributed by atoms with Gasteiger partial charge in [-0.05, 0) is 24.3 Å². The molecule has 4 nitrogen and oxygen atoms in total. The lowest BCUT2D eigenvalue weighted by atomic mass is 10.3. The Morgan fingerprint density at radius 2 is 1.88 bits per heavy atom. The summed E-state index contributed by atoms with van der Waals surface area (Å²) < 4.78 is 0. The van der Waals surface area contributed by atoms with Gasteiger partial charge in [-0.15, -0.1) is 0 Å². The Labute approximate surface area is 94.2 Å². The number of carbonyl (C=O) groups excluding carboxylic acids is 1. The Bertz CT molecular complexity index is 399. The third-order valence-corrected chi connectivity index (χ3v) is 1.71. The number of carbonyl (C=O) groups is 1. The SMILES string of the molecule is CC(=O)c1ccc(N)cn1.c1ccncc1. The molecule has 0 aliphatic heterocycles. The molecular weight excluding hydrogens is 202 g/mol. The average Bonchev–Trinajstić information content (AvgIpc) is 2.32. The van der Waals surface area contributed by atoms with Crippen LogP contribution in [0.25, 0.3) is 0 Å². The molecule has 0 saturated heterocycles. The van der Waals surface area contributed by atoms with Crippen molar-refractivity contribution in [2.75, 3.05) is 5.73 Å². The number of nitrogens with zero attached hydrogens (tertiary/aromatic N) is 2. The van der Waals surface area contributed by atoms with E-state index in [1.807, 2.05) is 18.2 Å². The van der Waals surface area contributed by atoms with Gasteiger partial charge < -0.3 is 5.73 Å². The van der Waals surface area contributed by atoms with Crippen molar-refractivity contribution in [3.8, 4) is 0 Å². The number of rotatable bonds is 1. The van der Waals surface area contributed by atoms with Crippen molar-refractivity contribution in [1.29, 1.82) is 0 Å². The maximum Gasteiger partial charge on any atom is 0.178 e. The summed E-state index contributed by atoms with van der Waals surface area (Å²) in [4.78, 5) is 18.2. The predicted molar refractivity (Wildman–Crippen MR) is 62.9 cm³/mol. The van der Waals surface area contributed by atoms with Crippen molar-refractivity contribution >= 4 is 11.5 Å². The molecule has 0 fully saturated rings. The van der Waals surface area contributed by atoms with Gasteiger partial charge in [-0.25, -0.2) is 0 Å². The van der Waals surface area contributed by atoms with E-state index in [9.17, 15) is 4.79 Å². The van der Waals surface area contributed by atoms with Crippen molar-refractivity contribution in [3.63, 3.8) is 0 Å². The number of hydrogen-bond acceptors (Lipinski definition) is 4. The van der Waals surface area contributed by atoms with Gasteiger partial charge in [0.25, 0.3) is 0 Å². The van der Waals surface area contributed by atoms with Crippen LogP contribution >= 0.6 is 0 Å². The highest BCUT2D eigenvalue weighted by Crippen LogP contribution is 2.00. The predicted octanol–water partition coefficient (Wildman–Crippen LogP) is 1.95. The fourth-order valence-corrected chi connectivity index (χ4v) is 0.926. The Morgan fingerprint density at radius 3 is 2.19 bits per heavy atom. The van der Waals surface area contributed by atoms with Crippen molar-refractivity contribution < 1.29 is 4.79 Å². The van der Waals surface area contributed by atoms with Crippen LogP contribution in [0.4, 0.5) is 5.69 Å². The highest BCUT2D eigenvalue weighted by molar-refractivity contribution is 5.92. The summed E-state index contributed by atoms with van der Waals surface area (Å²) in [5, 5.41) is 0. The Balaban J connectivity index is 0.000000181. The molecule has 0 spiro atoms. The topological polar surface area (TPSA) is 68.9 Å². The van der Waals surface area contributed by atoms with E-state index < -0.39 is 0 Å². The molecule has 16 heavy (non-hydrogen) atoms. The minimum atomic E-state index is -0.0417. The average molecular weight is 215 g/mol. The molecule has 82 valence electrons. The largest absolute Gasteiger partial charge is 0.397 e. The van der Waals surface area contributed by atoms with Gasteiger partial charge in [0, 0.05) is 19.3 Å². The molecule has 0 unspecified atom stereocenters. The second-order valence-electron chi connectivity index (χ2n) is 3.06. The summed E-state index contributed by atoms with van der Waals surface area (Å²) in [7, 11) is 0. The highest BCUT2D eigenvalue weighted by Gasteiger charge is 1.97. The molecule has 0 aromatic carbocycles. The summed E-state index contributed by atoms with van der Waals surface area (Å²) in [6.07, 6.45) is 4.97. The van der Waals surface area contributed by atoms with Crippen molar-refractivity contribution in [1.82, 2.24) is 9.97 Å². The van der Waals surface area contributed by atoms with E-state index in [1.54, 1.807) is 24.5 Å². The normalized spacial score (nSPS) is 8.81. The van der Waals surface area contributed by atoms with Gasteiger partial charge in [0.15, 0.2) is 5.78 Å². The summed E-state index contributed by atoms with van der Waals surface area (Å²) in [6.45, 7) is 1.47. The molecule has 2 heterocycles. The fourth-order valence-electron chi connectivity index (χ4n) is 0.926. The van der Waals surface area contributed by atoms with Gasteiger partial charge in [-0.3, -0.25) is 14.8 Å². The third-order valence-electron chi connectivity index (χ3n) is 1.71. The van der Waals surface area contributed by atoms with Crippen LogP contribution in [0.1, 0.15) is 17.4 Å². The van der Waals surface area contributed by atoms with Crippen LogP contribution in [0.15, 0.2) is 48.9 Å². The van der Waals surface area contributed by atoms with E-state index in [-0.39, 0.29) is 5.78 Å². The lowest BCUT2D eigenvalue weighted by molar-refractivity contribution is 0.101. The lowest BCUT2D eigenvalue weighted by Crippen LogP contribution is -1.96. The zero-order chi connectivity index (χ0) is 11.8. The monoisotopic (exact) mass is 215 g/mol. The number of hydrogen-bond donors (Lipinski definition) is 1. The van der Waals surface area contributed by atoms with Gasteiger partial charge in [0.1, 0.15) is 5.69 Å². The molecule has 0 amide bonds. The first-order valence-corrected chi connectivity index (χ1v) is 4.77. The van der Waals surface area contributed by atoms with E-state index in [4.69, 9.17) is 5.73 Å². The summed E-state index contributed by atoms with van der Waals surface area (Å²) >= 11 is 0. The molecule has 0 atom stereocenters. The van der Waals surface area contributed by atoms with Crippen LogP contribution < -0.4 is 5.73 Å². The second kappa shape index (κ2) is 6.29. The molecule has 0 aliphatic carbocycles. The quantitative estimate of drug-likeness (QED) is 0.738. The number of nitrogens with two attached hydrogens (primary N) is 1. The summed E-state index contributed by atoms with van der Waals surface area (Å²) in [5.74, 6) is -0.0417. The molecule has 2 N–H and O–H groups in total. The third kappa shape index (κ3) is 4.32. The van der Waals surface area contributed by atoms with Crippen LogP contribution in [-0.4, -0.2) is 15.8 Å². The van der Waals surface area contributed by atoms with E-state index in [0.29, 0.717) is 11.4 Å². The second-order valence-corrected chi connectivity index (χ2v) is 3.06. The smallest absolute Gasteiger partial charge is 0.178 e. The van der Waals surface area contributed by atoms with Crippen LogP contribution in [0.3, 0.4) is 0 Å². The summed E-state index contributed by atoms with van der Waals surface area (Å²) in [5.41, 5.74) is 6.38. The zero-order valence-corrected chi connectivity index (χ0v) is 9.00. The first-order chi connectivity index (χ1) is 7.70. The first-order valence-electron chi connectivity index (χ1n) is 4.77. The highest BCUT2D eigenvalue weighted by atomic mass is 16.1. The molecule has 4 heteroatoms. The molecular formula is C12H13N3O. The van der Waals surface area contributed by atoms with Crippen LogP contribution in [0.2, 0.25) is 0 Å². The van der Waals surface area contributed by atoms with Crippen LogP contribution in [0, 0.1) is 0 Å². The minimum Gasteiger partial charge on any atom is -0.397 e. The number of pyridine rings is 2. The number of nitrogen functional groups attached to an aromatic ring is 1. The molecule has 0 radical (unpaired) electrons. The Hall–Kier alpha value is -2.23. The molecule has 0 aliphatic rings. The molecule has 0 saturated carbocycles. The van der Waals surface area contributed by atoms with E-state index in [0.717, 1.165) is 0 Å². The minimum absolute atomic E-state index is 0.0417. The molecule has 2 rings (SSSR count). The first kappa shape index (κ1) is 11.8. The number of ketones is 1. The lowest BCUT2D eigenvalue weighted by Gasteiger charge is -1.93. The number of anilines is 1. The molecule has 2 aromatic heterocycles. The Kier molecular flexibility index (Phi) is 4.66. The fraction of sp³-hybridized carbons (Fsp3) is 0.0833. The molecule has 0 bridgehead atoms. The van der Waals surface area contributed by atoms with Crippen LogP contribution in [0.5, 0.6) is 0 Å². The van der Waals surface area contributed by atoms with Gasteiger partial charge >= 0.3 is 0 Å². The maximum atomic E-state index is 10.7. The van der Waals surface area contributed by atoms with Crippen molar-refractivity contribution in [2.24, 2.45) is 0 Å². The van der Waals surface area contributed by atoms with Gasteiger partial charge in [-0.1, -0.05) is 6.07 Å². The van der Waals surface area contributed by atoms with Gasteiger partial charge in [0.2, 0.25) is 0 Å². The Morgan fingerprint density at radius 1 is 1.19 bits per heavy atom. The van der Waals surface area contributed by atoms with Crippen molar-refractivity contribution in [3.05, 3.63) is 54.6 Å². The molecule has 2 aromatic rings. The van der Waals surface area contributed by atoms with E-state index >= 15 is 0 Å².